The maximum absolute atomic E-state index is 13.3. The van der Waals surface area contributed by atoms with Gasteiger partial charge in [0.15, 0.2) is 0 Å². The second-order valence-electron chi connectivity index (χ2n) is 8.21. The number of fused-ring (bicyclic) bond motifs is 1. The molecule has 3 unspecified atom stereocenters. The van der Waals surface area contributed by atoms with Crippen molar-refractivity contribution in [3.05, 3.63) is 36.0 Å². The zero-order chi connectivity index (χ0) is 24.8. The number of carboxylic acid groups (broad SMARTS) is 1. The van der Waals surface area contributed by atoms with Gasteiger partial charge in [0, 0.05) is 30.1 Å². The minimum Gasteiger partial charge on any atom is -0.480 e. The van der Waals surface area contributed by atoms with Gasteiger partial charge in [0.25, 0.3) is 0 Å². The van der Waals surface area contributed by atoms with Gasteiger partial charge in [-0.15, -0.1) is 0 Å². The van der Waals surface area contributed by atoms with E-state index in [0.717, 1.165) is 16.5 Å². The van der Waals surface area contributed by atoms with Crippen LogP contribution in [0.25, 0.3) is 10.9 Å². The topological polar surface area (TPSA) is 201 Å². The number of carboxylic acids is 1. The third-order valence-electron chi connectivity index (χ3n) is 5.73. The third kappa shape index (κ3) is 5.90. The number of hydrogen-bond acceptors (Lipinski definition) is 6. The van der Waals surface area contributed by atoms with Crippen molar-refractivity contribution in [3.8, 4) is 0 Å². The Kier molecular flexibility index (Phi) is 7.84. The lowest BCUT2D eigenvalue weighted by Gasteiger charge is -2.27. The number of carbonyl (C=O) groups excluding carboxylic acids is 4. The fourth-order valence-corrected chi connectivity index (χ4v) is 4.06. The number of amides is 4. The fourth-order valence-electron chi connectivity index (χ4n) is 4.06. The first-order chi connectivity index (χ1) is 16.2. The van der Waals surface area contributed by atoms with Crippen molar-refractivity contribution in [1.29, 1.82) is 0 Å². The molecule has 1 aliphatic rings. The number of aromatic nitrogens is 1. The lowest BCUT2D eigenvalue weighted by Crippen LogP contribution is -2.54. The van der Waals surface area contributed by atoms with E-state index in [9.17, 15) is 29.1 Å². The van der Waals surface area contributed by atoms with Gasteiger partial charge in [-0.05, 0) is 24.5 Å². The Morgan fingerprint density at radius 2 is 1.94 bits per heavy atom. The number of aromatic amines is 1. The third-order valence-corrected chi connectivity index (χ3v) is 5.73. The second kappa shape index (κ2) is 10.8. The van der Waals surface area contributed by atoms with Crippen LogP contribution in [0.5, 0.6) is 0 Å². The van der Waals surface area contributed by atoms with Gasteiger partial charge in [0.2, 0.25) is 23.6 Å². The minimum atomic E-state index is -1.20. The number of nitrogens with zero attached hydrogens (tertiary/aromatic N) is 1. The summed E-state index contributed by atoms with van der Waals surface area (Å²) in [6, 6.07) is 4.25. The van der Waals surface area contributed by atoms with Crippen molar-refractivity contribution in [2.45, 2.75) is 43.8 Å². The van der Waals surface area contributed by atoms with E-state index in [2.05, 4.69) is 15.6 Å². The highest BCUT2D eigenvalue weighted by Gasteiger charge is 2.38. The summed E-state index contributed by atoms with van der Waals surface area (Å²) in [6.45, 7) is -0.208. The number of benzene rings is 1. The zero-order valence-electron chi connectivity index (χ0n) is 18.5. The largest absolute Gasteiger partial charge is 0.480 e. The Bertz CT molecular complexity index is 1100. The number of nitrogens with two attached hydrogens (primary N) is 2. The highest BCUT2D eigenvalue weighted by Crippen LogP contribution is 2.22. The van der Waals surface area contributed by atoms with Crippen LogP contribution in [0.4, 0.5) is 0 Å². The van der Waals surface area contributed by atoms with Crippen molar-refractivity contribution < 1.29 is 29.1 Å². The predicted octanol–water partition coefficient (Wildman–Crippen LogP) is -1.41. The molecule has 0 aliphatic carbocycles. The highest BCUT2D eigenvalue weighted by atomic mass is 16.4. The molecule has 0 bridgehead atoms. The summed E-state index contributed by atoms with van der Waals surface area (Å²) in [5, 5.41) is 15.3. The Hall–Kier alpha value is -3.93. The van der Waals surface area contributed by atoms with Gasteiger partial charge >= 0.3 is 5.97 Å². The van der Waals surface area contributed by atoms with E-state index in [0.29, 0.717) is 12.8 Å². The average Bonchev–Trinajstić information content (AvgIpc) is 3.44. The molecule has 182 valence electrons. The molecule has 4 amide bonds. The SMILES string of the molecule is NC(=O)CC(N)C(=O)NCC(=O)NC(Cc1c[nH]c2ccccc12)C(=O)N1CCCC1C(=O)O. The fraction of sp³-hybridized carbons (Fsp3) is 0.409. The standard InChI is InChI=1S/C22H28N6O6/c23-14(9-18(24)29)20(31)26-11-19(30)27-16(21(32)28-7-3-6-17(28)22(33)34)8-12-10-25-15-5-2-1-4-13(12)15/h1-2,4-5,10,14,16-17,25H,3,6-9,11,23H2,(H2,24,29)(H,26,31)(H,27,30)(H,33,34). The Morgan fingerprint density at radius 3 is 2.65 bits per heavy atom. The van der Waals surface area contributed by atoms with Gasteiger partial charge in [-0.2, -0.15) is 0 Å². The van der Waals surface area contributed by atoms with E-state index in [1.165, 1.54) is 4.90 Å². The molecule has 12 heteroatoms. The van der Waals surface area contributed by atoms with Gasteiger partial charge in [-0.25, -0.2) is 4.79 Å². The number of primary amides is 1. The average molecular weight is 473 g/mol. The molecule has 0 spiro atoms. The zero-order valence-corrected chi connectivity index (χ0v) is 18.5. The van der Waals surface area contributed by atoms with E-state index >= 15 is 0 Å². The van der Waals surface area contributed by atoms with E-state index in [1.54, 1.807) is 6.20 Å². The van der Waals surface area contributed by atoms with Crippen molar-refractivity contribution in [1.82, 2.24) is 20.5 Å². The summed E-state index contributed by atoms with van der Waals surface area (Å²) < 4.78 is 0. The van der Waals surface area contributed by atoms with Gasteiger partial charge in [-0.3, -0.25) is 19.2 Å². The molecule has 1 saturated heterocycles. The molecule has 34 heavy (non-hydrogen) atoms. The van der Waals surface area contributed by atoms with Crippen LogP contribution in [0, 0.1) is 0 Å². The van der Waals surface area contributed by atoms with Crippen LogP contribution in [0.1, 0.15) is 24.8 Å². The number of nitrogens with one attached hydrogen (secondary N) is 3. The van der Waals surface area contributed by atoms with Crippen LogP contribution >= 0.6 is 0 Å². The Morgan fingerprint density at radius 1 is 1.21 bits per heavy atom. The second-order valence-corrected chi connectivity index (χ2v) is 8.21. The number of aliphatic carboxylic acids is 1. The molecule has 1 fully saturated rings. The monoisotopic (exact) mass is 472 g/mol. The number of carbonyl (C=O) groups is 5. The smallest absolute Gasteiger partial charge is 0.326 e. The van der Waals surface area contributed by atoms with Crippen LogP contribution in [0.3, 0.4) is 0 Å². The highest BCUT2D eigenvalue weighted by molar-refractivity contribution is 5.94. The molecule has 8 N–H and O–H groups in total. The number of hydrogen-bond donors (Lipinski definition) is 6. The van der Waals surface area contributed by atoms with E-state index < -0.39 is 54.3 Å². The van der Waals surface area contributed by atoms with Crippen molar-refractivity contribution in [2.75, 3.05) is 13.1 Å². The van der Waals surface area contributed by atoms with Crippen LogP contribution in [-0.2, 0) is 30.4 Å². The summed E-state index contributed by atoms with van der Waals surface area (Å²) >= 11 is 0. The molecule has 12 nitrogen and oxygen atoms in total. The van der Waals surface area contributed by atoms with Gasteiger partial charge in [-0.1, -0.05) is 18.2 Å². The molecule has 1 aliphatic heterocycles. The van der Waals surface area contributed by atoms with Crippen molar-refractivity contribution in [3.63, 3.8) is 0 Å². The molecular formula is C22H28N6O6. The molecule has 0 radical (unpaired) electrons. The molecule has 2 heterocycles. The molecule has 1 aromatic heterocycles. The summed E-state index contributed by atoms with van der Waals surface area (Å²) in [4.78, 5) is 64.7. The van der Waals surface area contributed by atoms with Crippen LogP contribution in [0.2, 0.25) is 0 Å². The van der Waals surface area contributed by atoms with E-state index in [1.807, 2.05) is 24.3 Å². The molecule has 2 aromatic rings. The number of likely N-dealkylation sites (tertiary alicyclic amines) is 1. The van der Waals surface area contributed by atoms with E-state index in [4.69, 9.17) is 11.5 Å². The quantitative estimate of drug-likeness (QED) is 0.244. The van der Waals surface area contributed by atoms with Crippen molar-refractivity contribution in [2.24, 2.45) is 11.5 Å². The van der Waals surface area contributed by atoms with Crippen LogP contribution in [-0.4, -0.2) is 75.8 Å². The van der Waals surface area contributed by atoms with Crippen LogP contribution < -0.4 is 22.1 Å². The van der Waals surface area contributed by atoms with Gasteiger partial charge < -0.3 is 37.1 Å². The molecule has 0 saturated carbocycles. The molecular weight excluding hydrogens is 444 g/mol. The first-order valence-corrected chi connectivity index (χ1v) is 10.9. The first kappa shape index (κ1) is 24.7. The molecule has 1 aromatic carbocycles. The van der Waals surface area contributed by atoms with Gasteiger partial charge in [0.05, 0.1) is 19.0 Å². The summed E-state index contributed by atoms with van der Waals surface area (Å²) in [5.74, 6) is -3.77. The Labute approximate surface area is 195 Å². The normalized spacial score (nSPS) is 17.2. The Balaban J connectivity index is 1.74. The van der Waals surface area contributed by atoms with E-state index in [-0.39, 0.29) is 19.4 Å². The number of rotatable bonds is 10. The first-order valence-electron chi connectivity index (χ1n) is 10.9. The summed E-state index contributed by atoms with van der Waals surface area (Å²) in [6.07, 6.45) is 2.36. The molecule has 3 rings (SSSR count). The summed E-state index contributed by atoms with van der Waals surface area (Å²) in [7, 11) is 0. The maximum atomic E-state index is 13.3. The summed E-state index contributed by atoms with van der Waals surface area (Å²) in [5.41, 5.74) is 12.2. The predicted molar refractivity (Wildman–Crippen MR) is 121 cm³/mol. The number of para-hydroxylation sites is 1. The lowest BCUT2D eigenvalue weighted by atomic mass is 10.0. The number of H-pyrrole nitrogens is 1. The van der Waals surface area contributed by atoms with Gasteiger partial charge in [0.1, 0.15) is 12.1 Å². The maximum Gasteiger partial charge on any atom is 0.326 e. The molecule has 3 atom stereocenters. The van der Waals surface area contributed by atoms with Crippen LogP contribution in [0.15, 0.2) is 30.5 Å². The van der Waals surface area contributed by atoms with Crippen molar-refractivity contribution >= 4 is 40.5 Å². The lowest BCUT2D eigenvalue weighted by molar-refractivity contribution is -0.149. The minimum absolute atomic E-state index is 0.118.